The molecule has 2 aliphatic rings. The number of nitrogens with one attached hydrogen (secondary N) is 6. The van der Waals surface area contributed by atoms with E-state index in [2.05, 4.69) is 41.9 Å². The summed E-state index contributed by atoms with van der Waals surface area (Å²) in [5.74, 6) is 1.45. The molecule has 2 atom stereocenters. The summed E-state index contributed by atoms with van der Waals surface area (Å²) in [5.41, 5.74) is 3.15. The highest BCUT2D eigenvalue weighted by molar-refractivity contribution is 6.01. The van der Waals surface area contributed by atoms with Crippen LogP contribution in [-0.2, 0) is 0 Å². The number of hydrogen-bond acceptors (Lipinski definition) is 8. The minimum Gasteiger partial charge on any atom is -0.389 e. The van der Waals surface area contributed by atoms with Gasteiger partial charge in [0.05, 0.1) is 25.3 Å². The van der Waals surface area contributed by atoms with Gasteiger partial charge in [0.1, 0.15) is 11.7 Å². The molecule has 44 heavy (non-hydrogen) atoms. The number of anilines is 2. The topological polar surface area (TPSA) is 172 Å². The highest BCUT2D eigenvalue weighted by Crippen LogP contribution is 2.14. The molecule has 0 fully saturated rings. The van der Waals surface area contributed by atoms with Crippen molar-refractivity contribution in [2.75, 3.05) is 49.9 Å². The van der Waals surface area contributed by atoms with Gasteiger partial charge in [0.25, 0.3) is 0 Å². The van der Waals surface area contributed by atoms with E-state index in [1.807, 2.05) is 48.5 Å². The lowest BCUT2D eigenvalue weighted by Gasteiger charge is -2.19. The van der Waals surface area contributed by atoms with Crippen LogP contribution in [0.15, 0.2) is 58.5 Å². The number of rotatable bonds is 15. The SMILES string of the molecule is O=C(NCCCCCCCCCCNC(=O)Nc1cccc(C2=NCC(O)CN2)c1)Nc1cccc(C2=NCC(O)CN2)c1. The van der Waals surface area contributed by atoms with Gasteiger partial charge in [-0.1, -0.05) is 62.8 Å². The van der Waals surface area contributed by atoms with Crippen LogP contribution in [0.1, 0.15) is 62.5 Å². The van der Waals surface area contributed by atoms with Crippen molar-refractivity contribution in [3.8, 4) is 0 Å². The first-order chi connectivity index (χ1) is 21.5. The first kappa shape index (κ1) is 32.7. The first-order valence-corrected chi connectivity index (χ1v) is 15.7. The Labute approximate surface area is 259 Å². The minimum absolute atomic E-state index is 0.222. The molecule has 238 valence electrons. The Morgan fingerprint density at radius 2 is 1.07 bits per heavy atom. The molecule has 4 amide bonds. The average molecular weight is 607 g/mol. The van der Waals surface area contributed by atoms with Gasteiger partial charge in [-0.2, -0.15) is 0 Å². The van der Waals surface area contributed by atoms with Gasteiger partial charge < -0.3 is 42.1 Å². The van der Waals surface area contributed by atoms with E-state index in [1.54, 1.807) is 0 Å². The minimum atomic E-state index is -0.463. The molecule has 0 aromatic heterocycles. The molecule has 0 saturated heterocycles. The normalized spacial score (nSPS) is 17.8. The van der Waals surface area contributed by atoms with Crippen LogP contribution in [0, 0.1) is 0 Å². The average Bonchev–Trinajstić information content (AvgIpc) is 3.02. The number of aliphatic hydroxyl groups is 2. The van der Waals surface area contributed by atoms with Crippen LogP contribution >= 0.6 is 0 Å². The van der Waals surface area contributed by atoms with Crippen molar-refractivity contribution in [2.24, 2.45) is 9.98 Å². The lowest BCUT2D eigenvalue weighted by Crippen LogP contribution is -2.39. The van der Waals surface area contributed by atoms with Crippen LogP contribution in [-0.4, -0.2) is 85.4 Å². The Balaban J connectivity index is 0.971. The van der Waals surface area contributed by atoms with E-state index in [1.165, 1.54) is 0 Å². The fourth-order valence-corrected chi connectivity index (χ4v) is 5.00. The predicted molar refractivity (Wildman–Crippen MR) is 175 cm³/mol. The third-order valence-electron chi connectivity index (χ3n) is 7.39. The number of unbranched alkanes of at least 4 members (excludes halogenated alkanes) is 7. The summed E-state index contributed by atoms with van der Waals surface area (Å²) >= 11 is 0. The van der Waals surface area contributed by atoms with Gasteiger partial charge >= 0.3 is 12.1 Å². The highest BCUT2D eigenvalue weighted by Gasteiger charge is 2.15. The van der Waals surface area contributed by atoms with Crippen molar-refractivity contribution >= 4 is 35.1 Å². The molecule has 12 heteroatoms. The molecule has 2 aliphatic heterocycles. The van der Waals surface area contributed by atoms with Gasteiger partial charge in [0.15, 0.2) is 0 Å². The van der Waals surface area contributed by atoms with Crippen molar-refractivity contribution in [2.45, 2.75) is 63.6 Å². The molecule has 2 heterocycles. The van der Waals surface area contributed by atoms with E-state index in [0.29, 0.717) is 50.6 Å². The third-order valence-corrected chi connectivity index (χ3v) is 7.39. The summed E-state index contributed by atoms with van der Waals surface area (Å²) in [6, 6.07) is 14.6. The summed E-state index contributed by atoms with van der Waals surface area (Å²) in [7, 11) is 0. The van der Waals surface area contributed by atoms with Gasteiger partial charge in [-0.05, 0) is 37.1 Å². The molecule has 0 aliphatic carbocycles. The van der Waals surface area contributed by atoms with E-state index in [4.69, 9.17) is 0 Å². The van der Waals surface area contributed by atoms with Crippen molar-refractivity contribution in [1.29, 1.82) is 0 Å². The second kappa shape index (κ2) is 17.8. The number of carbonyl (C=O) groups is 2. The Kier molecular flexibility index (Phi) is 13.3. The maximum atomic E-state index is 12.3. The fraction of sp³-hybridized carbons (Fsp3) is 0.500. The van der Waals surface area contributed by atoms with E-state index >= 15 is 0 Å². The number of carbonyl (C=O) groups excluding carboxylic acids is 2. The predicted octanol–water partition coefficient (Wildman–Crippen LogP) is 3.17. The zero-order valence-corrected chi connectivity index (χ0v) is 25.3. The zero-order chi connectivity index (χ0) is 31.0. The maximum Gasteiger partial charge on any atom is 0.319 e. The van der Waals surface area contributed by atoms with Crippen LogP contribution in [0.25, 0.3) is 0 Å². The molecule has 0 bridgehead atoms. The number of amidine groups is 2. The maximum absolute atomic E-state index is 12.3. The molecule has 2 unspecified atom stereocenters. The van der Waals surface area contributed by atoms with E-state index in [0.717, 1.165) is 74.2 Å². The lowest BCUT2D eigenvalue weighted by atomic mass is 10.1. The van der Waals surface area contributed by atoms with Gasteiger partial charge in [0, 0.05) is 48.7 Å². The summed E-state index contributed by atoms with van der Waals surface area (Å²) < 4.78 is 0. The number of benzene rings is 2. The molecule has 0 saturated carbocycles. The number of amides is 4. The quantitative estimate of drug-likeness (QED) is 0.145. The molecule has 0 spiro atoms. The molecular weight excluding hydrogens is 560 g/mol. The zero-order valence-electron chi connectivity index (χ0n) is 25.3. The second-order valence-corrected chi connectivity index (χ2v) is 11.2. The summed E-state index contributed by atoms with van der Waals surface area (Å²) in [4.78, 5) is 33.2. The molecule has 12 nitrogen and oxygen atoms in total. The Hall–Kier alpha value is -4.16. The van der Waals surface area contributed by atoms with Gasteiger partial charge in [-0.3, -0.25) is 9.98 Å². The standard InChI is InChI=1S/C32H46N8O4/c41-27-19-35-29(36-20-27)23-11-9-13-25(17-23)39-31(43)33-15-7-5-3-1-2-4-6-8-16-34-32(44)40-26-14-10-12-24(18-26)30-37-21-28(42)22-38-30/h9-14,17-18,27-28,41-42H,1-8,15-16,19-22H2,(H,35,36)(H,37,38)(H2,33,39,43)(H2,34,40,44). The van der Waals surface area contributed by atoms with Crippen LogP contribution in [0.4, 0.5) is 21.0 Å². The third kappa shape index (κ3) is 11.5. The number of β-amino-alcohol motifs (C(OH)–C–C–N with tert-alkyl or cyclic N) is 2. The molecule has 2 aromatic rings. The number of urea groups is 2. The number of aliphatic imine (C=N–C) groups is 2. The lowest BCUT2D eigenvalue weighted by molar-refractivity contribution is 0.181. The van der Waals surface area contributed by atoms with Crippen LogP contribution < -0.4 is 31.9 Å². The number of aliphatic hydroxyl groups excluding tert-OH is 2. The molecule has 8 N–H and O–H groups in total. The van der Waals surface area contributed by atoms with Crippen LogP contribution in [0.2, 0.25) is 0 Å². The van der Waals surface area contributed by atoms with Crippen molar-refractivity contribution in [1.82, 2.24) is 21.3 Å². The monoisotopic (exact) mass is 606 g/mol. The summed E-state index contributed by atoms with van der Waals surface area (Å²) in [6.45, 7) is 2.95. The summed E-state index contributed by atoms with van der Waals surface area (Å²) in [6.07, 6.45) is 7.69. The number of hydrogen-bond donors (Lipinski definition) is 8. The Morgan fingerprint density at radius 1 is 0.659 bits per heavy atom. The van der Waals surface area contributed by atoms with Crippen LogP contribution in [0.5, 0.6) is 0 Å². The highest BCUT2D eigenvalue weighted by atomic mass is 16.3. The van der Waals surface area contributed by atoms with E-state index < -0.39 is 12.2 Å². The van der Waals surface area contributed by atoms with E-state index in [-0.39, 0.29) is 12.1 Å². The fourth-order valence-electron chi connectivity index (χ4n) is 5.00. The van der Waals surface area contributed by atoms with Gasteiger partial charge in [-0.25, -0.2) is 9.59 Å². The van der Waals surface area contributed by atoms with Gasteiger partial charge in [-0.15, -0.1) is 0 Å². The Morgan fingerprint density at radius 3 is 1.45 bits per heavy atom. The second-order valence-electron chi connectivity index (χ2n) is 11.2. The smallest absolute Gasteiger partial charge is 0.319 e. The van der Waals surface area contributed by atoms with Crippen molar-refractivity contribution in [3.63, 3.8) is 0 Å². The molecular formula is C32H46N8O4. The molecule has 4 rings (SSSR count). The molecule has 2 aromatic carbocycles. The first-order valence-electron chi connectivity index (χ1n) is 15.7. The largest absolute Gasteiger partial charge is 0.389 e. The van der Waals surface area contributed by atoms with Crippen molar-refractivity contribution in [3.05, 3.63) is 59.7 Å². The van der Waals surface area contributed by atoms with Gasteiger partial charge in [0.2, 0.25) is 0 Å². The molecule has 0 radical (unpaired) electrons. The number of nitrogens with zero attached hydrogens (tertiary/aromatic N) is 2. The summed E-state index contributed by atoms with van der Waals surface area (Å²) in [5, 5.41) is 37.0. The van der Waals surface area contributed by atoms with Crippen LogP contribution in [0.3, 0.4) is 0 Å². The Bertz CT molecular complexity index is 1190. The van der Waals surface area contributed by atoms with Crippen molar-refractivity contribution < 1.29 is 19.8 Å². The van der Waals surface area contributed by atoms with E-state index in [9.17, 15) is 19.8 Å².